The predicted octanol–water partition coefficient (Wildman–Crippen LogP) is 2.76. The van der Waals surface area contributed by atoms with Crippen LogP contribution in [0.4, 0.5) is 11.4 Å². The van der Waals surface area contributed by atoms with Gasteiger partial charge in [-0.05, 0) is 32.0 Å². The summed E-state index contributed by atoms with van der Waals surface area (Å²) in [6.45, 7) is 3.80. The third-order valence-electron chi connectivity index (χ3n) is 3.12. The first-order chi connectivity index (χ1) is 8.68. The number of para-hydroxylation sites is 1. The Balaban J connectivity index is 1.97. The molecule has 0 aliphatic carbocycles. The van der Waals surface area contributed by atoms with Crippen molar-refractivity contribution >= 4 is 23.0 Å². The molecule has 6 heteroatoms. The minimum absolute atomic E-state index is 0.0314. The zero-order valence-electron chi connectivity index (χ0n) is 10.1. The van der Waals surface area contributed by atoms with Crippen molar-refractivity contribution in [2.45, 2.75) is 12.8 Å². The van der Waals surface area contributed by atoms with Gasteiger partial charge >= 0.3 is 0 Å². The van der Waals surface area contributed by atoms with Crippen LogP contribution in [0.5, 0.6) is 0 Å². The molecule has 2 rings (SSSR count). The van der Waals surface area contributed by atoms with E-state index in [2.05, 4.69) is 10.2 Å². The largest absolute Gasteiger partial charge is 0.377 e. The highest BCUT2D eigenvalue weighted by Gasteiger charge is 2.17. The van der Waals surface area contributed by atoms with Gasteiger partial charge in [-0.15, -0.1) is 0 Å². The number of nitro groups is 1. The first-order valence-electron chi connectivity index (χ1n) is 6.07. The highest BCUT2D eigenvalue weighted by atomic mass is 35.5. The molecule has 0 amide bonds. The number of hydrogen-bond donors (Lipinski definition) is 1. The molecular weight excluding hydrogens is 254 g/mol. The first kappa shape index (κ1) is 13.1. The van der Waals surface area contributed by atoms with E-state index in [1.54, 1.807) is 12.1 Å². The first-order valence-corrected chi connectivity index (χ1v) is 6.45. The molecule has 0 aromatic heterocycles. The van der Waals surface area contributed by atoms with Crippen molar-refractivity contribution in [1.29, 1.82) is 0 Å². The van der Waals surface area contributed by atoms with Gasteiger partial charge in [0.1, 0.15) is 5.69 Å². The van der Waals surface area contributed by atoms with Crippen LogP contribution < -0.4 is 5.32 Å². The van der Waals surface area contributed by atoms with Crippen LogP contribution in [0.2, 0.25) is 5.02 Å². The molecule has 5 nitrogen and oxygen atoms in total. The van der Waals surface area contributed by atoms with Gasteiger partial charge < -0.3 is 10.2 Å². The molecule has 1 saturated heterocycles. The Labute approximate surface area is 111 Å². The molecule has 0 bridgehead atoms. The van der Waals surface area contributed by atoms with Crippen molar-refractivity contribution in [1.82, 2.24) is 4.90 Å². The van der Waals surface area contributed by atoms with Gasteiger partial charge in [-0.1, -0.05) is 17.7 Å². The van der Waals surface area contributed by atoms with Gasteiger partial charge in [-0.25, -0.2) is 0 Å². The van der Waals surface area contributed by atoms with E-state index in [-0.39, 0.29) is 5.69 Å². The van der Waals surface area contributed by atoms with Crippen LogP contribution in [0.1, 0.15) is 12.8 Å². The fourth-order valence-electron chi connectivity index (χ4n) is 2.19. The van der Waals surface area contributed by atoms with E-state index >= 15 is 0 Å². The van der Waals surface area contributed by atoms with E-state index < -0.39 is 4.92 Å². The topological polar surface area (TPSA) is 58.4 Å². The standard InChI is InChI=1S/C12H16ClN3O2/c13-10-4-3-5-11(16(17)18)12(10)14-6-9-15-7-1-2-8-15/h3-5,14H,1-2,6-9H2. The second-order valence-electron chi connectivity index (χ2n) is 4.37. The van der Waals surface area contributed by atoms with Crippen molar-refractivity contribution in [3.8, 4) is 0 Å². The van der Waals surface area contributed by atoms with E-state index in [1.165, 1.54) is 18.9 Å². The molecule has 0 saturated carbocycles. The summed E-state index contributed by atoms with van der Waals surface area (Å²) in [4.78, 5) is 12.8. The van der Waals surface area contributed by atoms with E-state index in [0.717, 1.165) is 19.6 Å². The number of anilines is 1. The van der Waals surface area contributed by atoms with E-state index in [1.807, 2.05) is 0 Å². The Bertz CT molecular complexity index is 433. The Morgan fingerprint density at radius 2 is 2.11 bits per heavy atom. The Morgan fingerprint density at radius 3 is 2.78 bits per heavy atom. The lowest BCUT2D eigenvalue weighted by Crippen LogP contribution is -2.26. The van der Waals surface area contributed by atoms with Crippen LogP contribution in [0.15, 0.2) is 18.2 Å². The molecular formula is C12H16ClN3O2. The maximum atomic E-state index is 10.9. The van der Waals surface area contributed by atoms with Crippen molar-refractivity contribution in [3.63, 3.8) is 0 Å². The van der Waals surface area contributed by atoms with E-state index in [0.29, 0.717) is 17.3 Å². The van der Waals surface area contributed by atoms with Crippen molar-refractivity contribution < 1.29 is 4.92 Å². The highest BCUT2D eigenvalue weighted by Crippen LogP contribution is 2.31. The lowest BCUT2D eigenvalue weighted by atomic mass is 10.2. The molecule has 0 radical (unpaired) electrons. The minimum Gasteiger partial charge on any atom is -0.377 e. The van der Waals surface area contributed by atoms with Crippen LogP contribution in [0.3, 0.4) is 0 Å². The van der Waals surface area contributed by atoms with Gasteiger partial charge in [0.2, 0.25) is 0 Å². The Hall–Kier alpha value is -1.33. The number of hydrogen-bond acceptors (Lipinski definition) is 4. The fraction of sp³-hybridized carbons (Fsp3) is 0.500. The van der Waals surface area contributed by atoms with Crippen LogP contribution >= 0.6 is 11.6 Å². The van der Waals surface area contributed by atoms with E-state index in [4.69, 9.17) is 11.6 Å². The molecule has 1 aliphatic heterocycles. The van der Waals surface area contributed by atoms with Crippen molar-refractivity contribution in [2.75, 3.05) is 31.5 Å². The molecule has 98 valence electrons. The van der Waals surface area contributed by atoms with Crippen molar-refractivity contribution in [3.05, 3.63) is 33.3 Å². The zero-order chi connectivity index (χ0) is 13.0. The second kappa shape index (κ2) is 6.02. The van der Waals surface area contributed by atoms with Gasteiger partial charge in [0.05, 0.1) is 9.95 Å². The molecule has 1 aliphatic rings. The number of nitro benzene ring substituents is 1. The van der Waals surface area contributed by atoms with Crippen LogP contribution in [-0.4, -0.2) is 36.0 Å². The van der Waals surface area contributed by atoms with Gasteiger partial charge in [0, 0.05) is 19.2 Å². The maximum absolute atomic E-state index is 10.9. The summed E-state index contributed by atoms with van der Waals surface area (Å²) in [5.41, 5.74) is 0.451. The summed E-state index contributed by atoms with van der Waals surface area (Å²) >= 11 is 5.99. The Kier molecular flexibility index (Phi) is 4.38. The number of nitrogens with zero attached hydrogens (tertiary/aromatic N) is 2. The third-order valence-corrected chi connectivity index (χ3v) is 3.43. The van der Waals surface area contributed by atoms with Crippen LogP contribution in [0, 0.1) is 10.1 Å². The second-order valence-corrected chi connectivity index (χ2v) is 4.77. The molecule has 18 heavy (non-hydrogen) atoms. The number of likely N-dealkylation sites (tertiary alicyclic amines) is 1. The molecule has 0 spiro atoms. The van der Waals surface area contributed by atoms with Gasteiger partial charge in [0.15, 0.2) is 0 Å². The Morgan fingerprint density at radius 1 is 1.39 bits per heavy atom. The number of benzene rings is 1. The molecule has 1 fully saturated rings. The lowest BCUT2D eigenvalue weighted by molar-refractivity contribution is -0.383. The molecule has 1 aromatic carbocycles. The molecule has 1 aromatic rings. The fourth-order valence-corrected chi connectivity index (χ4v) is 2.42. The zero-order valence-corrected chi connectivity index (χ0v) is 10.8. The normalized spacial score (nSPS) is 15.8. The summed E-state index contributed by atoms with van der Waals surface area (Å²) in [5.74, 6) is 0. The van der Waals surface area contributed by atoms with Gasteiger partial charge in [-0.3, -0.25) is 10.1 Å². The van der Waals surface area contributed by atoms with Gasteiger partial charge in [0.25, 0.3) is 5.69 Å². The van der Waals surface area contributed by atoms with Crippen LogP contribution in [0.25, 0.3) is 0 Å². The summed E-state index contributed by atoms with van der Waals surface area (Å²) in [6.07, 6.45) is 2.48. The number of nitrogens with one attached hydrogen (secondary N) is 1. The average Bonchev–Trinajstić information content (AvgIpc) is 2.84. The monoisotopic (exact) mass is 269 g/mol. The predicted molar refractivity (Wildman–Crippen MR) is 72.3 cm³/mol. The molecule has 0 atom stereocenters. The SMILES string of the molecule is O=[N+]([O-])c1cccc(Cl)c1NCCN1CCCC1. The summed E-state index contributed by atoms with van der Waals surface area (Å²) in [5, 5.41) is 14.4. The average molecular weight is 270 g/mol. The molecule has 1 N–H and O–H groups in total. The van der Waals surface area contributed by atoms with Gasteiger partial charge in [-0.2, -0.15) is 0 Å². The molecule has 1 heterocycles. The van der Waals surface area contributed by atoms with Crippen LogP contribution in [-0.2, 0) is 0 Å². The lowest BCUT2D eigenvalue weighted by Gasteiger charge is -2.15. The van der Waals surface area contributed by atoms with E-state index in [9.17, 15) is 10.1 Å². The maximum Gasteiger partial charge on any atom is 0.293 e. The summed E-state index contributed by atoms with van der Waals surface area (Å²) in [7, 11) is 0. The highest BCUT2D eigenvalue weighted by molar-refractivity contribution is 6.33. The van der Waals surface area contributed by atoms with Crippen molar-refractivity contribution in [2.24, 2.45) is 0 Å². The minimum atomic E-state index is -0.413. The third kappa shape index (κ3) is 3.11. The number of halogens is 1. The quantitative estimate of drug-likeness (QED) is 0.660. The smallest absolute Gasteiger partial charge is 0.293 e. The summed E-state index contributed by atoms with van der Waals surface area (Å²) < 4.78 is 0. The molecule has 0 unspecified atom stereocenters. The number of rotatable bonds is 5. The summed E-state index contributed by atoms with van der Waals surface area (Å²) in [6, 6.07) is 4.71.